The summed E-state index contributed by atoms with van der Waals surface area (Å²) in [5.41, 5.74) is 3.33. The minimum atomic E-state index is 0.485. The maximum absolute atomic E-state index is 3.58. The van der Waals surface area contributed by atoms with E-state index in [2.05, 4.69) is 46.4 Å². The van der Waals surface area contributed by atoms with E-state index in [-0.39, 0.29) is 0 Å². The summed E-state index contributed by atoms with van der Waals surface area (Å²) in [6, 6.07) is 6.52. The number of anilines is 1. The molecule has 1 spiro atoms. The average Bonchev–Trinajstić information content (AvgIpc) is 2.57. The molecule has 0 amide bonds. The fourth-order valence-electron chi connectivity index (χ4n) is 2.57. The molecule has 0 saturated heterocycles. The van der Waals surface area contributed by atoms with Gasteiger partial charge < -0.3 is 5.32 Å². The zero-order valence-electron chi connectivity index (χ0n) is 7.60. The van der Waals surface area contributed by atoms with E-state index >= 15 is 0 Å². The normalized spacial score (nSPS) is 34.5. The van der Waals surface area contributed by atoms with Crippen LogP contribution in [-0.2, 0) is 5.41 Å². The van der Waals surface area contributed by atoms with Crippen LogP contribution >= 0.6 is 15.9 Å². The summed E-state index contributed by atoms with van der Waals surface area (Å²) in [7, 11) is 0. The molecule has 1 aromatic carbocycles. The molecule has 2 heteroatoms. The van der Waals surface area contributed by atoms with Crippen LogP contribution in [0.1, 0.15) is 18.9 Å². The summed E-state index contributed by atoms with van der Waals surface area (Å²) in [5, 5.41) is 3.50. The summed E-state index contributed by atoms with van der Waals surface area (Å²) in [4.78, 5) is 0. The van der Waals surface area contributed by atoms with Crippen molar-refractivity contribution in [3.8, 4) is 0 Å². The fraction of sp³-hybridized carbons (Fsp3) is 0.455. The van der Waals surface area contributed by atoms with Gasteiger partial charge in [-0.3, -0.25) is 0 Å². The number of hydrogen-bond acceptors (Lipinski definition) is 1. The Morgan fingerprint density at radius 1 is 1.54 bits per heavy atom. The molecular weight excluding hydrogens is 226 g/mol. The smallest absolute Gasteiger partial charge is 0.0523 e. The van der Waals surface area contributed by atoms with Gasteiger partial charge in [0.2, 0.25) is 0 Å². The lowest BCUT2D eigenvalue weighted by atomic mass is 9.96. The Labute approximate surface area is 86.7 Å². The van der Waals surface area contributed by atoms with E-state index < -0.39 is 0 Å². The first kappa shape index (κ1) is 7.86. The fourth-order valence-corrected chi connectivity index (χ4v) is 3.08. The lowest BCUT2D eigenvalue weighted by Crippen LogP contribution is -2.11. The van der Waals surface area contributed by atoms with E-state index in [1.807, 2.05) is 0 Å². The predicted molar refractivity (Wildman–Crippen MR) is 58.1 cm³/mol. The molecule has 0 radical (unpaired) electrons. The van der Waals surface area contributed by atoms with Gasteiger partial charge >= 0.3 is 0 Å². The summed E-state index contributed by atoms with van der Waals surface area (Å²) >= 11 is 3.58. The van der Waals surface area contributed by atoms with Gasteiger partial charge in [0.15, 0.2) is 0 Å². The van der Waals surface area contributed by atoms with Gasteiger partial charge in [0.25, 0.3) is 0 Å². The van der Waals surface area contributed by atoms with E-state index in [1.54, 1.807) is 0 Å². The van der Waals surface area contributed by atoms with Gasteiger partial charge in [-0.25, -0.2) is 0 Å². The number of hydrogen-bond donors (Lipinski definition) is 1. The number of benzene rings is 1. The number of fused-ring (bicyclic) bond motifs is 2. The van der Waals surface area contributed by atoms with Gasteiger partial charge in [0.1, 0.15) is 0 Å². The highest BCUT2D eigenvalue weighted by Crippen LogP contribution is 2.59. The Morgan fingerprint density at radius 3 is 3.00 bits per heavy atom. The third kappa shape index (κ3) is 0.872. The largest absolute Gasteiger partial charge is 0.383 e. The molecule has 13 heavy (non-hydrogen) atoms. The van der Waals surface area contributed by atoms with Gasteiger partial charge in [-0.15, -0.1) is 0 Å². The minimum Gasteiger partial charge on any atom is -0.383 e. The first-order chi connectivity index (χ1) is 6.24. The molecule has 0 bridgehead atoms. The predicted octanol–water partition coefficient (Wildman–Crippen LogP) is 3.15. The van der Waals surface area contributed by atoms with Crippen LogP contribution in [0.2, 0.25) is 0 Å². The van der Waals surface area contributed by atoms with E-state index in [0.29, 0.717) is 5.41 Å². The molecule has 1 aliphatic heterocycles. The van der Waals surface area contributed by atoms with Crippen LogP contribution < -0.4 is 5.32 Å². The molecule has 1 nitrogen and oxygen atoms in total. The summed E-state index contributed by atoms with van der Waals surface area (Å²) < 4.78 is 1.21. The second-order valence-electron chi connectivity index (χ2n) is 4.28. The van der Waals surface area contributed by atoms with Crippen LogP contribution in [0.5, 0.6) is 0 Å². The van der Waals surface area contributed by atoms with Crippen molar-refractivity contribution in [1.82, 2.24) is 0 Å². The van der Waals surface area contributed by atoms with Crippen LogP contribution in [0.4, 0.5) is 5.69 Å². The van der Waals surface area contributed by atoms with Gasteiger partial charge in [-0.05, 0) is 39.9 Å². The van der Waals surface area contributed by atoms with Crippen molar-refractivity contribution in [2.75, 3.05) is 11.9 Å². The van der Waals surface area contributed by atoms with Crippen molar-refractivity contribution in [1.29, 1.82) is 0 Å². The highest BCUT2D eigenvalue weighted by atomic mass is 79.9. The Hall–Kier alpha value is -0.500. The van der Waals surface area contributed by atoms with Gasteiger partial charge in [0.05, 0.1) is 5.69 Å². The van der Waals surface area contributed by atoms with Crippen LogP contribution in [0.3, 0.4) is 0 Å². The van der Waals surface area contributed by atoms with Crippen molar-refractivity contribution in [3.05, 3.63) is 28.2 Å². The van der Waals surface area contributed by atoms with Crippen LogP contribution in [0.25, 0.3) is 0 Å². The number of halogens is 1. The Morgan fingerprint density at radius 2 is 2.31 bits per heavy atom. The maximum Gasteiger partial charge on any atom is 0.0523 e. The molecule has 3 rings (SSSR count). The summed E-state index contributed by atoms with van der Waals surface area (Å²) in [6.07, 6.45) is 1.35. The minimum absolute atomic E-state index is 0.485. The van der Waals surface area contributed by atoms with Crippen LogP contribution in [-0.4, -0.2) is 6.54 Å². The topological polar surface area (TPSA) is 12.0 Å². The summed E-state index contributed by atoms with van der Waals surface area (Å²) in [6.45, 7) is 3.48. The molecule has 2 unspecified atom stereocenters. The second-order valence-corrected chi connectivity index (χ2v) is 5.13. The van der Waals surface area contributed by atoms with Gasteiger partial charge in [0, 0.05) is 16.4 Å². The molecule has 1 heterocycles. The van der Waals surface area contributed by atoms with Gasteiger partial charge in [-0.1, -0.05) is 19.1 Å². The van der Waals surface area contributed by atoms with Crippen molar-refractivity contribution < 1.29 is 0 Å². The highest BCUT2D eigenvalue weighted by molar-refractivity contribution is 9.10. The van der Waals surface area contributed by atoms with Crippen molar-refractivity contribution in [2.24, 2.45) is 5.92 Å². The maximum atomic E-state index is 3.58. The SMILES string of the molecule is CC1CC12CNc1c(Br)cccc12. The quantitative estimate of drug-likeness (QED) is 0.732. The van der Waals surface area contributed by atoms with Crippen LogP contribution in [0.15, 0.2) is 22.7 Å². The zero-order chi connectivity index (χ0) is 9.05. The number of nitrogens with one attached hydrogen (secondary N) is 1. The molecule has 2 aliphatic rings. The van der Waals surface area contributed by atoms with Crippen molar-refractivity contribution in [3.63, 3.8) is 0 Å². The monoisotopic (exact) mass is 237 g/mol. The number of rotatable bonds is 0. The lowest BCUT2D eigenvalue weighted by Gasteiger charge is -2.07. The highest BCUT2D eigenvalue weighted by Gasteiger charge is 2.55. The Bertz CT molecular complexity index is 374. The molecule has 0 aromatic heterocycles. The average molecular weight is 238 g/mol. The van der Waals surface area contributed by atoms with Crippen molar-refractivity contribution >= 4 is 21.6 Å². The standard InChI is InChI=1S/C11H12BrN/c1-7-5-11(7)6-13-10-8(11)3-2-4-9(10)12/h2-4,7,13H,5-6H2,1H3. The molecule has 1 saturated carbocycles. The van der Waals surface area contributed by atoms with E-state index in [9.17, 15) is 0 Å². The molecule has 1 aliphatic carbocycles. The van der Waals surface area contributed by atoms with Gasteiger partial charge in [-0.2, -0.15) is 0 Å². The Balaban J connectivity index is 2.18. The molecule has 1 N–H and O–H groups in total. The first-order valence-electron chi connectivity index (χ1n) is 4.77. The second kappa shape index (κ2) is 2.30. The molecule has 1 aromatic rings. The van der Waals surface area contributed by atoms with E-state index in [0.717, 1.165) is 12.5 Å². The summed E-state index contributed by atoms with van der Waals surface area (Å²) in [5.74, 6) is 0.857. The zero-order valence-corrected chi connectivity index (χ0v) is 9.19. The third-order valence-electron chi connectivity index (χ3n) is 3.58. The lowest BCUT2D eigenvalue weighted by molar-refractivity contribution is 0.696. The molecule has 68 valence electrons. The van der Waals surface area contributed by atoms with E-state index in [4.69, 9.17) is 0 Å². The van der Waals surface area contributed by atoms with E-state index in [1.165, 1.54) is 22.1 Å². The molecular formula is C11H12BrN. The first-order valence-corrected chi connectivity index (χ1v) is 5.56. The third-order valence-corrected chi connectivity index (χ3v) is 4.25. The van der Waals surface area contributed by atoms with Crippen molar-refractivity contribution in [2.45, 2.75) is 18.8 Å². The molecule has 2 atom stereocenters. The van der Waals surface area contributed by atoms with Crippen LogP contribution in [0, 0.1) is 5.92 Å². The molecule has 1 fully saturated rings. The Kier molecular flexibility index (Phi) is 1.39. The number of para-hydroxylation sites is 1.